The number of ether oxygens (including phenoxy) is 1. The van der Waals surface area contributed by atoms with Gasteiger partial charge in [0.15, 0.2) is 0 Å². The maximum atomic E-state index is 12.3. The summed E-state index contributed by atoms with van der Waals surface area (Å²) in [6.45, 7) is 9.18. The van der Waals surface area contributed by atoms with Gasteiger partial charge in [-0.2, -0.15) is 0 Å². The first-order chi connectivity index (χ1) is 9.60. The number of rotatable bonds is 4. The summed E-state index contributed by atoms with van der Waals surface area (Å²) in [5, 5.41) is 2.77. The van der Waals surface area contributed by atoms with E-state index in [0.717, 1.165) is 3.57 Å². The SMILES string of the molecule is CC(C)[C@@H](NC(=O)c1cccc(I)c1)C(=O)OC(C)(C)C. The number of carbonyl (C=O) groups excluding carboxylic acids is 2. The molecular weight excluding hydrogens is 381 g/mol. The van der Waals surface area contributed by atoms with Crippen molar-refractivity contribution in [2.24, 2.45) is 5.92 Å². The van der Waals surface area contributed by atoms with E-state index in [4.69, 9.17) is 4.74 Å². The molecule has 21 heavy (non-hydrogen) atoms. The molecule has 1 amide bonds. The molecular formula is C16H22INO3. The third-order valence-electron chi connectivity index (χ3n) is 2.70. The topological polar surface area (TPSA) is 55.4 Å². The highest BCUT2D eigenvalue weighted by molar-refractivity contribution is 14.1. The average Bonchev–Trinajstić information content (AvgIpc) is 2.32. The first kappa shape index (κ1) is 17.9. The molecule has 1 aromatic rings. The highest BCUT2D eigenvalue weighted by Gasteiger charge is 2.29. The smallest absolute Gasteiger partial charge is 0.329 e. The fraction of sp³-hybridized carbons (Fsp3) is 0.500. The van der Waals surface area contributed by atoms with Crippen molar-refractivity contribution in [1.29, 1.82) is 0 Å². The van der Waals surface area contributed by atoms with Gasteiger partial charge < -0.3 is 10.1 Å². The van der Waals surface area contributed by atoms with E-state index in [9.17, 15) is 9.59 Å². The van der Waals surface area contributed by atoms with Gasteiger partial charge in [-0.25, -0.2) is 4.79 Å². The quantitative estimate of drug-likeness (QED) is 0.620. The van der Waals surface area contributed by atoms with Gasteiger partial charge in [0.1, 0.15) is 11.6 Å². The number of amides is 1. The molecule has 0 bridgehead atoms. The lowest BCUT2D eigenvalue weighted by Crippen LogP contribution is -2.47. The number of nitrogens with one attached hydrogen (secondary N) is 1. The number of carbonyl (C=O) groups is 2. The summed E-state index contributed by atoms with van der Waals surface area (Å²) in [6, 6.07) is 6.57. The lowest BCUT2D eigenvalue weighted by atomic mass is 10.0. The maximum Gasteiger partial charge on any atom is 0.329 e. The first-order valence-corrected chi connectivity index (χ1v) is 7.97. The van der Waals surface area contributed by atoms with Crippen LogP contribution in [0.1, 0.15) is 45.0 Å². The summed E-state index contributed by atoms with van der Waals surface area (Å²) in [5.41, 5.74) is -0.0343. The van der Waals surface area contributed by atoms with Crippen molar-refractivity contribution in [1.82, 2.24) is 5.32 Å². The second-order valence-electron chi connectivity index (χ2n) is 6.24. The average molecular weight is 403 g/mol. The minimum Gasteiger partial charge on any atom is -0.458 e. The monoisotopic (exact) mass is 403 g/mol. The highest BCUT2D eigenvalue weighted by atomic mass is 127. The summed E-state index contributed by atoms with van der Waals surface area (Å²) >= 11 is 2.15. The Morgan fingerprint density at radius 1 is 1.24 bits per heavy atom. The lowest BCUT2D eigenvalue weighted by Gasteiger charge is -2.26. The van der Waals surface area contributed by atoms with Gasteiger partial charge in [-0.1, -0.05) is 19.9 Å². The molecule has 1 N–H and O–H groups in total. The van der Waals surface area contributed by atoms with Crippen LogP contribution >= 0.6 is 22.6 Å². The van der Waals surface area contributed by atoms with Crippen LogP contribution < -0.4 is 5.32 Å². The lowest BCUT2D eigenvalue weighted by molar-refractivity contribution is -0.158. The standard InChI is InChI=1S/C16H22INO3/c1-10(2)13(15(20)21-16(3,4)5)18-14(19)11-7-6-8-12(17)9-11/h6-10,13H,1-5H3,(H,18,19)/t13-/m1/s1. The summed E-state index contributed by atoms with van der Waals surface area (Å²) in [5.74, 6) is -0.721. The van der Waals surface area contributed by atoms with E-state index in [1.54, 1.807) is 12.1 Å². The molecule has 0 unspecified atom stereocenters. The predicted molar refractivity (Wildman–Crippen MR) is 91.1 cm³/mol. The Hall–Kier alpha value is -1.11. The molecule has 0 spiro atoms. The fourth-order valence-corrected chi connectivity index (χ4v) is 2.26. The van der Waals surface area contributed by atoms with Gasteiger partial charge in [-0.15, -0.1) is 0 Å². The van der Waals surface area contributed by atoms with E-state index in [2.05, 4.69) is 27.9 Å². The van der Waals surface area contributed by atoms with Crippen LogP contribution in [0.2, 0.25) is 0 Å². The van der Waals surface area contributed by atoms with Crippen LogP contribution in [-0.4, -0.2) is 23.5 Å². The van der Waals surface area contributed by atoms with E-state index in [-0.39, 0.29) is 11.8 Å². The Kier molecular flexibility index (Phi) is 6.19. The van der Waals surface area contributed by atoms with E-state index in [1.807, 2.05) is 46.8 Å². The van der Waals surface area contributed by atoms with Crippen LogP contribution in [0.4, 0.5) is 0 Å². The molecule has 0 fully saturated rings. The zero-order valence-electron chi connectivity index (χ0n) is 13.1. The van der Waals surface area contributed by atoms with Crippen molar-refractivity contribution in [3.05, 3.63) is 33.4 Å². The first-order valence-electron chi connectivity index (χ1n) is 6.89. The molecule has 0 aliphatic carbocycles. The van der Waals surface area contributed by atoms with Crippen LogP contribution in [0, 0.1) is 9.49 Å². The summed E-state index contributed by atoms with van der Waals surface area (Å²) in [6.07, 6.45) is 0. The Balaban J connectivity index is 2.84. The molecule has 1 atom stereocenters. The van der Waals surface area contributed by atoms with Gasteiger partial charge in [0.05, 0.1) is 0 Å². The summed E-state index contributed by atoms with van der Waals surface area (Å²) in [7, 11) is 0. The molecule has 116 valence electrons. The normalized spacial score (nSPS) is 12.9. The van der Waals surface area contributed by atoms with E-state index in [0.29, 0.717) is 5.56 Å². The van der Waals surface area contributed by atoms with Crippen LogP contribution in [0.25, 0.3) is 0 Å². The molecule has 0 aliphatic rings. The molecule has 0 heterocycles. The van der Waals surface area contributed by atoms with Gasteiger partial charge in [0, 0.05) is 9.13 Å². The van der Waals surface area contributed by atoms with Gasteiger partial charge in [0.25, 0.3) is 5.91 Å². The van der Waals surface area contributed by atoms with Crippen molar-refractivity contribution < 1.29 is 14.3 Å². The Morgan fingerprint density at radius 2 is 1.86 bits per heavy atom. The van der Waals surface area contributed by atoms with Crippen molar-refractivity contribution in [3.8, 4) is 0 Å². The Morgan fingerprint density at radius 3 is 2.33 bits per heavy atom. The van der Waals surface area contributed by atoms with Gasteiger partial charge in [-0.05, 0) is 67.5 Å². The van der Waals surface area contributed by atoms with Crippen LogP contribution in [0.3, 0.4) is 0 Å². The minimum absolute atomic E-state index is 0.0495. The Labute approximate surface area is 139 Å². The third kappa shape index (κ3) is 6.03. The van der Waals surface area contributed by atoms with Crippen molar-refractivity contribution >= 4 is 34.5 Å². The number of hydrogen-bond acceptors (Lipinski definition) is 3. The van der Waals surface area contributed by atoms with E-state index in [1.165, 1.54) is 0 Å². The largest absolute Gasteiger partial charge is 0.458 e. The molecule has 1 rings (SSSR count). The fourth-order valence-electron chi connectivity index (χ4n) is 1.72. The second-order valence-corrected chi connectivity index (χ2v) is 7.48. The number of benzene rings is 1. The number of esters is 1. The second kappa shape index (κ2) is 7.24. The zero-order chi connectivity index (χ0) is 16.2. The van der Waals surface area contributed by atoms with Crippen molar-refractivity contribution in [2.45, 2.75) is 46.3 Å². The molecule has 4 nitrogen and oxygen atoms in total. The zero-order valence-corrected chi connectivity index (χ0v) is 15.2. The van der Waals surface area contributed by atoms with Crippen molar-refractivity contribution in [3.63, 3.8) is 0 Å². The van der Waals surface area contributed by atoms with Crippen LogP contribution in [-0.2, 0) is 9.53 Å². The summed E-state index contributed by atoms with van der Waals surface area (Å²) < 4.78 is 6.34. The van der Waals surface area contributed by atoms with Crippen LogP contribution in [0.15, 0.2) is 24.3 Å². The van der Waals surface area contributed by atoms with E-state index >= 15 is 0 Å². The number of hydrogen-bond donors (Lipinski definition) is 1. The van der Waals surface area contributed by atoms with Crippen molar-refractivity contribution in [2.75, 3.05) is 0 Å². The third-order valence-corrected chi connectivity index (χ3v) is 3.37. The highest BCUT2D eigenvalue weighted by Crippen LogP contribution is 2.14. The molecule has 0 saturated heterocycles. The molecule has 0 radical (unpaired) electrons. The summed E-state index contributed by atoms with van der Waals surface area (Å²) in [4.78, 5) is 24.5. The molecule has 0 aliphatic heterocycles. The molecule has 1 aromatic carbocycles. The van der Waals surface area contributed by atoms with Gasteiger partial charge in [-0.3, -0.25) is 4.79 Å². The molecule has 5 heteroatoms. The molecule has 0 saturated carbocycles. The molecule has 0 aromatic heterocycles. The maximum absolute atomic E-state index is 12.3. The Bertz CT molecular complexity index is 520. The predicted octanol–water partition coefficient (Wildman–Crippen LogP) is 3.39. The number of halogens is 1. The van der Waals surface area contributed by atoms with Crippen LogP contribution in [0.5, 0.6) is 0 Å². The van der Waals surface area contributed by atoms with Gasteiger partial charge in [0.2, 0.25) is 0 Å². The minimum atomic E-state index is -0.658. The van der Waals surface area contributed by atoms with Gasteiger partial charge >= 0.3 is 5.97 Å². The van der Waals surface area contributed by atoms with E-state index < -0.39 is 17.6 Å².